The molecule has 2 amide bonds. The minimum absolute atomic E-state index is 0.0616. The first-order valence-electron chi connectivity index (χ1n) is 5.54. The van der Waals surface area contributed by atoms with E-state index >= 15 is 0 Å². The normalized spacial score (nSPS) is 16.9. The van der Waals surface area contributed by atoms with Crippen LogP contribution in [0.2, 0.25) is 0 Å². The summed E-state index contributed by atoms with van der Waals surface area (Å²) in [4.78, 5) is 22.7. The van der Waals surface area contributed by atoms with Gasteiger partial charge in [-0.2, -0.15) is 0 Å². The molecule has 0 saturated heterocycles. The van der Waals surface area contributed by atoms with Gasteiger partial charge in [-0.1, -0.05) is 12.1 Å². The highest BCUT2D eigenvalue weighted by Crippen LogP contribution is 2.23. The monoisotopic (exact) mass is 234 g/mol. The molecule has 1 aliphatic rings. The van der Waals surface area contributed by atoms with Crippen molar-refractivity contribution >= 4 is 17.5 Å². The molecule has 0 bridgehead atoms. The number of benzene rings is 1. The highest BCUT2D eigenvalue weighted by atomic mass is 16.5. The van der Waals surface area contributed by atoms with Gasteiger partial charge in [-0.25, -0.2) is 0 Å². The van der Waals surface area contributed by atoms with Crippen LogP contribution in [0.25, 0.3) is 0 Å². The number of fused-ring (bicyclic) bond motifs is 1. The number of ether oxygens (including phenoxy) is 1. The Morgan fingerprint density at radius 2 is 1.94 bits per heavy atom. The van der Waals surface area contributed by atoms with Crippen molar-refractivity contribution in [3.63, 3.8) is 0 Å². The maximum atomic E-state index is 11.4. The van der Waals surface area contributed by atoms with Crippen molar-refractivity contribution in [2.24, 2.45) is 0 Å². The van der Waals surface area contributed by atoms with Crippen molar-refractivity contribution in [2.45, 2.75) is 12.8 Å². The van der Waals surface area contributed by atoms with E-state index in [1.54, 1.807) is 0 Å². The Labute approximate surface area is 99.2 Å². The highest BCUT2D eigenvalue weighted by Gasteiger charge is 2.11. The molecule has 0 saturated carbocycles. The van der Waals surface area contributed by atoms with Gasteiger partial charge in [0, 0.05) is 6.42 Å². The van der Waals surface area contributed by atoms with Gasteiger partial charge < -0.3 is 10.1 Å². The maximum absolute atomic E-state index is 11.4. The van der Waals surface area contributed by atoms with Crippen LogP contribution >= 0.6 is 0 Å². The van der Waals surface area contributed by atoms with Crippen LogP contribution in [0.4, 0.5) is 5.69 Å². The van der Waals surface area contributed by atoms with Crippen molar-refractivity contribution in [2.75, 3.05) is 18.5 Å². The van der Waals surface area contributed by atoms with Crippen LogP contribution in [0.3, 0.4) is 0 Å². The molecular formula is C12H14N2O3. The van der Waals surface area contributed by atoms with Gasteiger partial charge in [0.25, 0.3) is 0 Å². The number of hydrogen-bond acceptors (Lipinski definition) is 4. The van der Waals surface area contributed by atoms with Crippen molar-refractivity contribution in [3.8, 4) is 5.75 Å². The predicted molar refractivity (Wildman–Crippen MR) is 62.8 cm³/mol. The average Bonchev–Trinajstić information content (AvgIpc) is 2.35. The average molecular weight is 234 g/mol. The highest BCUT2D eigenvalue weighted by molar-refractivity contribution is 5.97. The van der Waals surface area contributed by atoms with E-state index in [1.165, 1.54) is 0 Å². The predicted octanol–water partition coefficient (Wildman–Crippen LogP) is 0.914. The van der Waals surface area contributed by atoms with Crippen LogP contribution in [-0.2, 0) is 9.59 Å². The molecule has 17 heavy (non-hydrogen) atoms. The third kappa shape index (κ3) is 3.21. The standard InChI is InChI=1S/C12H14N2O3/c15-11-6-3-7-17-10-5-2-1-4-9(10)13-8-12(16)14-11/h1-2,4-5,13H,3,6-8H2,(H,14,15,16). The summed E-state index contributed by atoms with van der Waals surface area (Å²) in [7, 11) is 0. The van der Waals surface area contributed by atoms with E-state index in [9.17, 15) is 9.59 Å². The van der Waals surface area contributed by atoms with Gasteiger partial charge >= 0.3 is 0 Å². The fourth-order valence-corrected chi connectivity index (χ4v) is 1.59. The molecule has 0 spiro atoms. The molecule has 0 unspecified atom stereocenters. The summed E-state index contributed by atoms with van der Waals surface area (Å²) in [5.41, 5.74) is 0.761. The second-order valence-electron chi connectivity index (χ2n) is 3.77. The minimum atomic E-state index is -0.327. The Bertz CT molecular complexity index is 432. The lowest BCUT2D eigenvalue weighted by Crippen LogP contribution is -2.34. The van der Waals surface area contributed by atoms with E-state index in [0.29, 0.717) is 25.2 Å². The Balaban J connectivity index is 2.13. The van der Waals surface area contributed by atoms with Crippen LogP contribution in [0, 0.1) is 0 Å². The third-order valence-electron chi connectivity index (χ3n) is 2.41. The summed E-state index contributed by atoms with van der Waals surface area (Å²) in [6.07, 6.45) is 0.890. The van der Waals surface area contributed by atoms with Gasteiger partial charge in [-0.05, 0) is 18.6 Å². The van der Waals surface area contributed by atoms with Crippen LogP contribution in [0.5, 0.6) is 5.75 Å². The number of para-hydroxylation sites is 2. The number of carbonyl (C=O) groups is 2. The second kappa shape index (κ2) is 5.34. The summed E-state index contributed by atoms with van der Waals surface area (Å²) in [5.74, 6) is 0.118. The van der Waals surface area contributed by atoms with E-state index in [2.05, 4.69) is 10.6 Å². The van der Waals surface area contributed by atoms with Gasteiger partial charge in [-0.3, -0.25) is 14.9 Å². The number of rotatable bonds is 0. The second-order valence-corrected chi connectivity index (χ2v) is 3.77. The lowest BCUT2D eigenvalue weighted by molar-refractivity contribution is -0.129. The van der Waals surface area contributed by atoms with Crippen LogP contribution in [-0.4, -0.2) is 25.0 Å². The maximum Gasteiger partial charge on any atom is 0.245 e. The van der Waals surface area contributed by atoms with E-state index in [0.717, 1.165) is 5.69 Å². The number of imide groups is 1. The smallest absolute Gasteiger partial charge is 0.245 e. The molecule has 0 atom stereocenters. The molecule has 5 nitrogen and oxygen atoms in total. The molecule has 0 radical (unpaired) electrons. The topological polar surface area (TPSA) is 67.4 Å². The number of anilines is 1. The van der Waals surface area contributed by atoms with Gasteiger partial charge in [0.05, 0.1) is 18.8 Å². The lowest BCUT2D eigenvalue weighted by atomic mass is 10.3. The Kier molecular flexibility index (Phi) is 3.59. The number of amides is 2. The molecular weight excluding hydrogens is 220 g/mol. The van der Waals surface area contributed by atoms with Crippen molar-refractivity contribution in [3.05, 3.63) is 24.3 Å². The minimum Gasteiger partial charge on any atom is -0.491 e. The molecule has 0 aliphatic carbocycles. The SMILES string of the molecule is O=C1CCCOc2ccccc2NCC(=O)N1. The molecule has 1 aromatic rings. The largest absolute Gasteiger partial charge is 0.491 e. The Morgan fingerprint density at radius 1 is 1.12 bits per heavy atom. The molecule has 5 heteroatoms. The number of nitrogens with one attached hydrogen (secondary N) is 2. The fraction of sp³-hybridized carbons (Fsp3) is 0.333. The number of carbonyl (C=O) groups excluding carboxylic acids is 2. The zero-order chi connectivity index (χ0) is 12.1. The first kappa shape index (κ1) is 11.4. The first-order chi connectivity index (χ1) is 8.25. The molecule has 1 aromatic carbocycles. The van der Waals surface area contributed by atoms with Crippen LogP contribution in [0.1, 0.15) is 12.8 Å². The quantitative estimate of drug-likeness (QED) is 0.655. The lowest BCUT2D eigenvalue weighted by Gasteiger charge is -2.11. The zero-order valence-corrected chi connectivity index (χ0v) is 9.36. The molecule has 1 aliphatic heterocycles. The van der Waals surface area contributed by atoms with Crippen molar-refractivity contribution in [1.29, 1.82) is 0 Å². The van der Waals surface area contributed by atoms with Crippen LogP contribution in [0.15, 0.2) is 24.3 Å². The molecule has 90 valence electrons. The van der Waals surface area contributed by atoms with E-state index in [-0.39, 0.29) is 18.4 Å². The van der Waals surface area contributed by atoms with Crippen LogP contribution < -0.4 is 15.4 Å². The van der Waals surface area contributed by atoms with E-state index in [4.69, 9.17) is 4.74 Å². The van der Waals surface area contributed by atoms with Gasteiger partial charge in [0.1, 0.15) is 5.75 Å². The summed E-state index contributed by atoms with van der Waals surface area (Å²) >= 11 is 0. The summed E-state index contributed by atoms with van der Waals surface area (Å²) in [6, 6.07) is 7.39. The molecule has 0 fully saturated rings. The summed E-state index contributed by atoms with van der Waals surface area (Å²) < 4.78 is 5.55. The summed E-state index contributed by atoms with van der Waals surface area (Å²) in [5, 5.41) is 5.25. The third-order valence-corrected chi connectivity index (χ3v) is 2.41. The Morgan fingerprint density at radius 3 is 2.82 bits per heavy atom. The van der Waals surface area contributed by atoms with Crippen molar-refractivity contribution in [1.82, 2.24) is 5.32 Å². The zero-order valence-electron chi connectivity index (χ0n) is 9.36. The molecule has 2 N–H and O–H groups in total. The van der Waals surface area contributed by atoms with Gasteiger partial charge in [0.15, 0.2) is 0 Å². The Hall–Kier alpha value is -2.04. The summed E-state index contributed by atoms with van der Waals surface area (Å²) in [6.45, 7) is 0.520. The van der Waals surface area contributed by atoms with E-state index < -0.39 is 0 Å². The van der Waals surface area contributed by atoms with Crippen molar-refractivity contribution < 1.29 is 14.3 Å². The molecule has 1 heterocycles. The fourth-order valence-electron chi connectivity index (χ4n) is 1.59. The van der Waals surface area contributed by atoms with Gasteiger partial charge in [0.2, 0.25) is 11.8 Å². The van der Waals surface area contributed by atoms with Gasteiger partial charge in [-0.15, -0.1) is 0 Å². The molecule has 2 rings (SSSR count). The van der Waals surface area contributed by atoms with E-state index in [1.807, 2.05) is 24.3 Å². The number of hydrogen-bond donors (Lipinski definition) is 2. The first-order valence-corrected chi connectivity index (χ1v) is 5.54. The molecule has 0 aromatic heterocycles.